The first-order valence-corrected chi connectivity index (χ1v) is 15.3. The number of nitrogens with one attached hydrogen (secondary N) is 2. The van der Waals surface area contributed by atoms with E-state index in [9.17, 15) is 19.2 Å². The van der Waals surface area contributed by atoms with Crippen LogP contribution in [0.25, 0.3) is 39.2 Å². The second kappa shape index (κ2) is 13.6. The van der Waals surface area contributed by atoms with Crippen molar-refractivity contribution in [3.63, 3.8) is 0 Å². The first-order chi connectivity index (χ1) is 22.7. The van der Waals surface area contributed by atoms with Crippen LogP contribution in [0, 0.1) is 0 Å². The topological polar surface area (TPSA) is 141 Å². The van der Waals surface area contributed by atoms with Gasteiger partial charge in [0.15, 0.2) is 6.29 Å². The smallest absolute Gasteiger partial charge is 0.407 e. The second-order valence-corrected chi connectivity index (χ2v) is 11.5. The average Bonchev–Trinajstić information content (AvgIpc) is 3.51. The summed E-state index contributed by atoms with van der Waals surface area (Å²) >= 11 is 14.0. The number of aldehydes is 1. The molecule has 13 heteroatoms. The number of hydrogen-bond donors (Lipinski definition) is 2. The number of nitrogens with zero attached hydrogens (tertiary/aromatic N) is 3. The fourth-order valence-electron chi connectivity index (χ4n) is 5.39. The van der Waals surface area contributed by atoms with Gasteiger partial charge in [0.2, 0.25) is 11.8 Å². The van der Waals surface area contributed by atoms with E-state index in [1.165, 1.54) is 17.6 Å². The Morgan fingerprint density at radius 2 is 1.72 bits per heavy atom. The molecule has 47 heavy (non-hydrogen) atoms. The molecule has 1 unspecified atom stereocenters. The Morgan fingerprint density at radius 3 is 2.43 bits per heavy atom. The minimum absolute atomic E-state index is 0.0297. The number of carbonyl (C=O) groups excluding carboxylic acids is 3. The lowest BCUT2D eigenvalue weighted by molar-refractivity contribution is -0.119. The molecule has 1 saturated heterocycles. The summed E-state index contributed by atoms with van der Waals surface area (Å²) in [5, 5.41) is 6.28. The molecule has 0 saturated carbocycles. The second-order valence-electron chi connectivity index (χ2n) is 10.7. The van der Waals surface area contributed by atoms with Gasteiger partial charge >= 0.3 is 6.09 Å². The predicted molar refractivity (Wildman–Crippen MR) is 177 cm³/mol. The SMILES string of the molecule is COc1nc(-c2cccc(-c3cccc(-c4ccn5c(=O)cc(C=O)nc5c4)c3Cl)c2Cl)ccc1COC(=O)NCC1CCC(=O)N1. The Morgan fingerprint density at radius 1 is 1.00 bits per heavy atom. The zero-order chi connectivity index (χ0) is 33.1. The molecule has 11 nitrogen and oxygen atoms in total. The number of alkyl carbamates (subject to hydrolysis) is 1. The highest BCUT2D eigenvalue weighted by Crippen LogP contribution is 2.42. The van der Waals surface area contributed by atoms with Crippen molar-refractivity contribution in [1.29, 1.82) is 0 Å². The number of hydrogen-bond acceptors (Lipinski definition) is 8. The molecule has 2 amide bonds. The van der Waals surface area contributed by atoms with Crippen molar-refractivity contribution in [2.45, 2.75) is 25.5 Å². The summed E-state index contributed by atoms with van der Waals surface area (Å²) < 4.78 is 12.2. The van der Waals surface area contributed by atoms with E-state index in [4.69, 9.17) is 32.7 Å². The van der Waals surface area contributed by atoms with Crippen LogP contribution >= 0.6 is 23.2 Å². The summed E-state index contributed by atoms with van der Waals surface area (Å²) in [5.41, 5.74) is 4.41. The van der Waals surface area contributed by atoms with Crippen LogP contribution in [0.5, 0.6) is 5.88 Å². The lowest BCUT2D eigenvalue weighted by Gasteiger charge is -2.15. The number of ether oxygens (including phenoxy) is 2. The largest absolute Gasteiger partial charge is 0.481 e. The van der Waals surface area contributed by atoms with E-state index in [1.54, 1.807) is 30.5 Å². The number of halogens is 2. The van der Waals surface area contributed by atoms with Crippen LogP contribution in [-0.2, 0) is 16.1 Å². The molecule has 1 fully saturated rings. The van der Waals surface area contributed by atoms with E-state index < -0.39 is 6.09 Å². The maximum atomic E-state index is 12.4. The number of aromatic nitrogens is 3. The number of rotatable bonds is 9. The number of carbonyl (C=O) groups is 3. The zero-order valence-corrected chi connectivity index (χ0v) is 26.5. The van der Waals surface area contributed by atoms with Gasteiger partial charge in [0.25, 0.3) is 5.56 Å². The van der Waals surface area contributed by atoms with Gasteiger partial charge in [-0.25, -0.2) is 14.8 Å². The van der Waals surface area contributed by atoms with E-state index in [0.717, 1.165) is 0 Å². The highest BCUT2D eigenvalue weighted by molar-refractivity contribution is 6.39. The lowest BCUT2D eigenvalue weighted by Crippen LogP contribution is -2.38. The Balaban J connectivity index is 1.25. The average molecular weight is 673 g/mol. The van der Waals surface area contributed by atoms with E-state index in [1.807, 2.05) is 36.4 Å². The van der Waals surface area contributed by atoms with Gasteiger partial charge in [-0.05, 0) is 36.2 Å². The van der Waals surface area contributed by atoms with Crippen LogP contribution in [0.2, 0.25) is 10.0 Å². The molecule has 2 aromatic carbocycles. The van der Waals surface area contributed by atoms with Gasteiger partial charge in [-0.1, -0.05) is 59.6 Å². The summed E-state index contributed by atoms with van der Waals surface area (Å²) in [6.07, 6.45) is 2.61. The van der Waals surface area contributed by atoms with Gasteiger partial charge in [-0.2, -0.15) is 0 Å². The summed E-state index contributed by atoms with van der Waals surface area (Å²) in [6, 6.07) is 19.1. The standard InChI is InChI=1S/C34H27Cl2N5O6/c1-46-33-20(18-47-34(45)37-16-21-9-11-29(43)39-21)8-10-27(40-33)26-7-3-6-25(32(26)36)24-5-2-4-23(31(24)35)19-12-13-41-28(14-19)38-22(17-42)15-30(41)44/h2-8,10,12-15,17,21H,9,11,16,18H2,1H3,(H,37,45)(H,39,43). The molecule has 1 aliphatic rings. The summed E-state index contributed by atoms with van der Waals surface area (Å²) in [7, 11) is 1.47. The molecule has 3 aromatic heterocycles. The zero-order valence-electron chi connectivity index (χ0n) is 25.0. The molecule has 2 N–H and O–H groups in total. The van der Waals surface area contributed by atoms with Crippen LogP contribution in [0.4, 0.5) is 4.79 Å². The Bertz CT molecular complexity index is 2100. The molecule has 1 aliphatic heterocycles. The Kier molecular flexibility index (Phi) is 9.19. The van der Waals surface area contributed by atoms with E-state index in [-0.39, 0.29) is 42.2 Å². The van der Waals surface area contributed by atoms with Gasteiger partial charge in [-0.3, -0.25) is 18.8 Å². The van der Waals surface area contributed by atoms with E-state index in [2.05, 4.69) is 20.6 Å². The molecule has 4 heterocycles. The van der Waals surface area contributed by atoms with Crippen LogP contribution in [-0.4, -0.2) is 52.4 Å². The molecule has 0 aliphatic carbocycles. The number of fused-ring (bicyclic) bond motifs is 1. The van der Waals surface area contributed by atoms with Crippen LogP contribution in [0.15, 0.2) is 77.7 Å². The van der Waals surface area contributed by atoms with Gasteiger partial charge in [-0.15, -0.1) is 0 Å². The van der Waals surface area contributed by atoms with Crippen molar-refractivity contribution < 1.29 is 23.9 Å². The number of amides is 2. The van der Waals surface area contributed by atoms with Gasteiger partial charge in [0.05, 0.1) is 28.4 Å². The Labute approximate surface area is 278 Å². The van der Waals surface area contributed by atoms with Gasteiger partial charge < -0.3 is 20.1 Å². The number of pyridine rings is 2. The van der Waals surface area contributed by atoms with Crippen LogP contribution < -0.4 is 20.9 Å². The summed E-state index contributed by atoms with van der Waals surface area (Å²) in [5.74, 6) is 0.236. The molecule has 0 radical (unpaired) electrons. The van der Waals surface area contributed by atoms with Crippen molar-refractivity contribution in [1.82, 2.24) is 25.0 Å². The van der Waals surface area contributed by atoms with Crippen LogP contribution in [0.3, 0.4) is 0 Å². The number of methoxy groups -OCH3 is 1. The fourth-order valence-corrected chi connectivity index (χ4v) is 6.05. The first-order valence-electron chi connectivity index (χ1n) is 14.6. The van der Waals surface area contributed by atoms with Crippen molar-refractivity contribution in [3.05, 3.63) is 105 Å². The molecular weight excluding hydrogens is 645 g/mol. The third kappa shape index (κ3) is 6.67. The van der Waals surface area contributed by atoms with Crippen molar-refractivity contribution >= 4 is 47.1 Å². The maximum Gasteiger partial charge on any atom is 0.407 e. The predicted octanol–water partition coefficient (Wildman–Crippen LogP) is 5.72. The fraction of sp³-hybridized carbons (Fsp3) is 0.176. The van der Waals surface area contributed by atoms with Gasteiger partial charge in [0, 0.05) is 53.5 Å². The summed E-state index contributed by atoms with van der Waals surface area (Å²) in [4.78, 5) is 56.1. The normalized spacial score (nSPS) is 14.1. The summed E-state index contributed by atoms with van der Waals surface area (Å²) in [6.45, 7) is 0.203. The maximum absolute atomic E-state index is 12.4. The van der Waals surface area contributed by atoms with E-state index in [0.29, 0.717) is 73.9 Å². The Hall–Kier alpha value is -5.26. The molecule has 0 spiro atoms. The number of benzene rings is 2. The van der Waals surface area contributed by atoms with Gasteiger partial charge in [0.1, 0.15) is 17.9 Å². The minimum atomic E-state index is -0.619. The van der Waals surface area contributed by atoms with E-state index >= 15 is 0 Å². The molecule has 5 aromatic rings. The highest BCUT2D eigenvalue weighted by Gasteiger charge is 2.22. The third-order valence-electron chi connectivity index (χ3n) is 7.75. The minimum Gasteiger partial charge on any atom is -0.481 e. The highest BCUT2D eigenvalue weighted by atomic mass is 35.5. The molecule has 0 bridgehead atoms. The van der Waals surface area contributed by atoms with Crippen LogP contribution in [0.1, 0.15) is 28.9 Å². The third-order valence-corrected chi connectivity index (χ3v) is 8.57. The van der Waals surface area contributed by atoms with Crippen molar-refractivity contribution in [2.24, 2.45) is 0 Å². The molecule has 6 rings (SSSR count). The quantitative estimate of drug-likeness (QED) is 0.190. The first kappa shape index (κ1) is 31.7. The van der Waals surface area contributed by atoms with Crippen molar-refractivity contribution in [3.8, 4) is 39.4 Å². The monoisotopic (exact) mass is 671 g/mol. The molecule has 238 valence electrons. The molecular formula is C34H27Cl2N5O6. The van der Waals surface area contributed by atoms with Crippen molar-refractivity contribution in [2.75, 3.05) is 13.7 Å². The lowest BCUT2D eigenvalue weighted by atomic mass is 9.97. The molecule has 1 atom stereocenters.